The maximum absolute atomic E-state index is 14.5. The lowest BCUT2D eigenvalue weighted by Crippen LogP contribution is -2.03. The first kappa shape index (κ1) is 23.3. The van der Waals surface area contributed by atoms with E-state index in [0.717, 1.165) is 37.2 Å². The first-order valence-corrected chi connectivity index (χ1v) is 11.2. The van der Waals surface area contributed by atoms with Crippen LogP contribution >= 0.6 is 0 Å². The molecule has 4 heteroatoms. The minimum atomic E-state index is -0.790. The topological polar surface area (TPSA) is 42.4 Å². The van der Waals surface area contributed by atoms with Gasteiger partial charge in [0.2, 0.25) is 5.95 Å². The minimum Gasteiger partial charge on any atom is -0.494 e. The summed E-state index contributed by atoms with van der Waals surface area (Å²) in [6.45, 7) is 5.09. The molecule has 29 heavy (non-hydrogen) atoms. The van der Waals surface area contributed by atoms with Gasteiger partial charge in [0.25, 0.3) is 0 Å². The van der Waals surface area contributed by atoms with Crippen molar-refractivity contribution in [3.63, 3.8) is 0 Å². The van der Waals surface area contributed by atoms with Crippen LogP contribution in [0.2, 0.25) is 0 Å². The molecule has 0 bridgehead atoms. The molecule has 1 N–H and O–H groups in total. The summed E-state index contributed by atoms with van der Waals surface area (Å²) in [4.78, 5) is 4.08. The Bertz CT molecular complexity index is 702. The first-order chi connectivity index (χ1) is 14.2. The van der Waals surface area contributed by atoms with Crippen LogP contribution in [0, 0.1) is 5.95 Å². The number of hydrogen-bond acceptors (Lipinski definition) is 3. The molecule has 0 aliphatic rings. The lowest BCUT2D eigenvalue weighted by atomic mass is 10.0. The average molecular weight is 402 g/mol. The third-order valence-corrected chi connectivity index (χ3v) is 5.23. The second-order valence-electron chi connectivity index (χ2n) is 7.73. The van der Waals surface area contributed by atoms with Gasteiger partial charge in [0.05, 0.1) is 18.4 Å². The summed E-state index contributed by atoms with van der Waals surface area (Å²) in [5.41, 5.74) is 1.69. The van der Waals surface area contributed by atoms with Gasteiger partial charge in [-0.25, -0.2) is 4.98 Å². The molecule has 0 saturated carbocycles. The Balaban J connectivity index is 1.88. The summed E-state index contributed by atoms with van der Waals surface area (Å²) in [5, 5.41) is 10.3. The van der Waals surface area contributed by atoms with Gasteiger partial charge in [-0.1, -0.05) is 65.2 Å². The molecule has 0 aliphatic heterocycles. The minimum absolute atomic E-state index is 0.288. The lowest BCUT2D eigenvalue weighted by Gasteiger charge is -2.12. The molecule has 0 spiro atoms. The van der Waals surface area contributed by atoms with Crippen molar-refractivity contribution >= 4 is 0 Å². The van der Waals surface area contributed by atoms with Crippen molar-refractivity contribution in [2.45, 2.75) is 84.2 Å². The van der Waals surface area contributed by atoms with E-state index in [1.54, 1.807) is 12.1 Å². The molecule has 1 heterocycles. The SMILES string of the molecule is CCCCCCCC(O)c1ccc(-c2ccc(OCCCCCC)cc2)nc1F. The van der Waals surface area contributed by atoms with E-state index in [4.69, 9.17) is 4.74 Å². The predicted octanol–water partition coefficient (Wildman–Crippen LogP) is 7.24. The van der Waals surface area contributed by atoms with Crippen LogP contribution in [-0.4, -0.2) is 16.7 Å². The Morgan fingerprint density at radius 1 is 0.862 bits per heavy atom. The van der Waals surface area contributed by atoms with E-state index in [0.29, 0.717) is 12.1 Å². The van der Waals surface area contributed by atoms with Crippen molar-refractivity contribution in [2.75, 3.05) is 6.61 Å². The summed E-state index contributed by atoms with van der Waals surface area (Å²) in [7, 11) is 0. The van der Waals surface area contributed by atoms with Crippen LogP contribution in [0.15, 0.2) is 36.4 Å². The lowest BCUT2D eigenvalue weighted by molar-refractivity contribution is 0.157. The summed E-state index contributed by atoms with van der Waals surface area (Å²) >= 11 is 0. The summed E-state index contributed by atoms with van der Waals surface area (Å²) in [6, 6.07) is 11.0. The predicted molar refractivity (Wildman–Crippen MR) is 118 cm³/mol. The second kappa shape index (κ2) is 13.3. The van der Waals surface area contributed by atoms with Crippen LogP contribution in [0.5, 0.6) is 5.75 Å². The maximum Gasteiger partial charge on any atom is 0.219 e. The molecule has 0 aliphatic carbocycles. The Morgan fingerprint density at radius 3 is 2.17 bits per heavy atom. The van der Waals surface area contributed by atoms with E-state index in [-0.39, 0.29) is 5.56 Å². The highest BCUT2D eigenvalue weighted by atomic mass is 19.1. The van der Waals surface area contributed by atoms with Crippen molar-refractivity contribution in [1.82, 2.24) is 4.98 Å². The molecule has 1 unspecified atom stereocenters. The molecule has 2 rings (SSSR count). The second-order valence-corrected chi connectivity index (χ2v) is 7.73. The number of ether oxygens (including phenoxy) is 1. The van der Waals surface area contributed by atoms with Crippen molar-refractivity contribution in [2.24, 2.45) is 0 Å². The van der Waals surface area contributed by atoms with E-state index in [1.807, 2.05) is 24.3 Å². The fourth-order valence-corrected chi connectivity index (χ4v) is 3.39. The molecule has 0 radical (unpaired) electrons. The highest BCUT2D eigenvalue weighted by molar-refractivity contribution is 5.60. The molecule has 0 amide bonds. The highest BCUT2D eigenvalue weighted by Gasteiger charge is 2.15. The summed E-state index contributed by atoms with van der Waals surface area (Å²) in [6.07, 6.45) is 10.0. The van der Waals surface area contributed by atoms with Crippen LogP contribution in [-0.2, 0) is 0 Å². The van der Waals surface area contributed by atoms with E-state index in [9.17, 15) is 9.50 Å². The number of hydrogen-bond donors (Lipinski definition) is 1. The number of aliphatic hydroxyl groups is 1. The zero-order valence-corrected chi connectivity index (χ0v) is 18.0. The van der Waals surface area contributed by atoms with Gasteiger partial charge in [-0.3, -0.25) is 0 Å². The van der Waals surface area contributed by atoms with E-state index in [1.165, 1.54) is 38.5 Å². The van der Waals surface area contributed by atoms with Crippen LogP contribution in [0.3, 0.4) is 0 Å². The third-order valence-electron chi connectivity index (χ3n) is 5.23. The van der Waals surface area contributed by atoms with Crippen molar-refractivity contribution in [1.29, 1.82) is 0 Å². The Hall–Kier alpha value is -1.94. The van der Waals surface area contributed by atoms with Crippen LogP contribution in [0.25, 0.3) is 11.3 Å². The van der Waals surface area contributed by atoms with Crippen LogP contribution in [0.4, 0.5) is 4.39 Å². The van der Waals surface area contributed by atoms with Gasteiger partial charge in [0.1, 0.15) is 5.75 Å². The first-order valence-electron chi connectivity index (χ1n) is 11.2. The molecule has 160 valence electrons. The molecule has 0 fully saturated rings. The number of aromatic nitrogens is 1. The van der Waals surface area contributed by atoms with Crippen molar-refractivity contribution in [3.8, 4) is 17.0 Å². The molecule has 1 aromatic heterocycles. The van der Waals surface area contributed by atoms with Gasteiger partial charge in [0.15, 0.2) is 0 Å². The summed E-state index contributed by atoms with van der Waals surface area (Å²) in [5.74, 6) is 0.237. The molecule has 0 saturated heterocycles. The zero-order chi connectivity index (χ0) is 20.9. The smallest absolute Gasteiger partial charge is 0.219 e. The van der Waals surface area contributed by atoms with Gasteiger partial charge >= 0.3 is 0 Å². The Morgan fingerprint density at radius 2 is 1.52 bits per heavy atom. The number of halogens is 1. The van der Waals surface area contributed by atoms with Gasteiger partial charge in [-0.05, 0) is 49.2 Å². The standard InChI is InChI=1S/C25H36FNO2/c1-3-5-7-9-10-12-24(28)22-17-18-23(27-25(22)26)20-13-15-21(16-14-20)29-19-11-8-6-4-2/h13-18,24,28H,3-12,19H2,1-2H3. The van der Waals surface area contributed by atoms with Crippen molar-refractivity contribution < 1.29 is 14.2 Å². The fraction of sp³-hybridized carbons (Fsp3) is 0.560. The Labute approximate surface area is 175 Å². The number of unbranched alkanes of at least 4 members (excludes halogenated alkanes) is 7. The quantitative estimate of drug-likeness (QED) is 0.268. The fourth-order valence-electron chi connectivity index (χ4n) is 3.39. The molecule has 1 aromatic carbocycles. The molecular weight excluding hydrogens is 365 g/mol. The van der Waals surface area contributed by atoms with E-state index >= 15 is 0 Å². The number of rotatable bonds is 14. The number of pyridine rings is 1. The van der Waals surface area contributed by atoms with Gasteiger partial charge < -0.3 is 9.84 Å². The molecule has 2 aromatic rings. The molecule has 1 atom stereocenters. The molecule has 3 nitrogen and oxygen atoms in total. The largest absolute Gasteiger partial charge is 0.494 e. The normalized spacial score (nSPS) is 12.1. The highest BCUT2D eigenvalue weighted by Crippen LogP contribution is 2.26. The van der Waals surface area contributed by atoms with E-state index < -0.39 is 12.1 Å². The zero-order valence-electron chi connectivity index (χ0n) is 18.0. The number of aliphatic hydroxyl groups excluding tert-OH is 1. The average Bonchev–Trinajstić information content (AvgIpc) is 2.73. The van der Waals surface area contributed by atoms with E-state index in [2.05, 4.69) is 18.8 Å². The van der Waals surface area contributed by atoms with Crippen LogP contribution in [0.1, 0.15) is 89.7 Å². The number of nitrogens with zero attached hydrogens (tertiary/aromatic N) is 1. The van der Waals surface area contributed by atoms with Gasteiger partial charge in [-0.2, -0.15) is 4.39 Å². The number of benzene rings is 1. The third kappa shape index (κ3) is 8.14. The van der Waals surface area contributed by atoms with Gasteiger partial charge in [0, 0.05) is 11.1 Å². The molecular formula is C25H36FNO2. The maximum atomic E-state index is 14.5. The summed E-state index contributed by atoms with van der Waals surface area (Å²) < 4.78 is 20.2. The van der Waals surface area contributed by atoms with Crippen molar-refractivity contribution in [3.05, 3.63) is 47.9 Å². The van der Waals surface area contributed by atoms with Crippen LogP contribution < -0.4 is 4.74 Å². The monoisotopic (exact) mass is 401 g/mol. The van der Waals surface area contributed by atoms with Gasteiger partial charge in [-0.15, -0.1) is 0 Å². The Kier molecular flexibility index (Phi) is 10.7.